The van der Waals surface area contributed by atoms with Crippen LogP contribution in [0.4, 0.5) is 0 Å². The first kappa shape index (κ1) is 16.4. The van der Waals surface area contributed by atoms with E-state index in [1.165, 1.54) is 27.4 Å². The number of aryl methyl sites for hydroxylation is 1. The molecule has 7 nitrogen and oxygen atoms in total. The van der Waals surface area contributed by atoms with Gasteiger partial charge in [0, 0.05) is 6.07 Å². The Balaban J connectivity index is 2.57. The molecule has 0 aliphatic heterocycles. The predicted molar refractivity (Wildman–Crippen MR) is 82.3 cm³/mol. The van der Waals surface area contributed by atoms with Crippen LogP contribution in [0.5, 0.6) is 17.2 Å². The Morgan fingerprint density at radius 2 is 1.78 bits per heavy atom. The van der Waals surface area contributed by atoms with E-state index in [9.17, 15) is 9.90 Å². The van der Waals surface area contributed by atoms with Crippen LogP contribution in [0.1, 0.15) is 17.0 Å². The second kappa shape index (κ2) is 6.87. The van der Waals surface area contributed by atoms with Gasteiger partial charge in [0.2, 0.25) is 5.75 Å². The summed E-state index contributed by atoms with van der Waals surface area (Å²) in [6.45, 7) is 1.74. The monoisotopic (exact) mass is 319 g/mol. The number of phenolic OH excluding ortho intramolecular Hbond substituents is 1. The first-order chi connectivity index (χ1) is 11.0. The molecule has 2 aromatic rings. The molecule has 0 saturated heterocycles. The maximum Gasteiger partial charge on any atom is 0.341 e. The van der Waals surface area contributed by atoms with Crippen molar-refractivity contribution in [3.8, 4) is 17.2 Å². The number of aromatic hydroxyl groups is 1. The van der Waals surface area contributed by atoms with Crippen LogP contribution in [-0.2, 0) is 9.53 Å². The quantitative estimate of drug-likeness (QED) is 0.668. The molecule has 0 aliphatic rings. The molecule has 0 bridgehead atoms. The number of carbonyl (C=O) groups excluding carboxylic acids is 1. The van der Waals surface area contributed by atoms with Crippen LogP contribution in [0.2, 0.25) is 0 Å². The molecule has 1 heterocycles. The minimum Gasteiger partial charge on any atom is -0.502 e. The van der Waals surface area contributed by atoms with Crippen molar-refractivity contribution in [1.29, 1.82) is 0 Å². The molecule has 0 aliphatic carbocycles. The lowest BCUT2D eigenvalue weighted by atomic mass is 10.1. The van der Waals surface area contributed by atoms with E-state index in [-0.39, 0.29) is 28.6 Å². The summed E-state index contributed by atoms with van der Waals surface area (Å²) in [4.78, 5) is 12.0. The van der Waals surface area contributed by atoms with E-state index in [4.69, 9.17) is 18.7 Å². The molecule has 0 amide bonds. The van der Waals surface area contributed by atoms with Gasteiger partial charge in [-0.1, -0.05) is 5.16 Å². The van der Waals surface area contributed by atoms with E-state index in [0.717, 1.165) is 0 Å². The van der Waals surface area contributed by atoms with Gasteiger partial charge in [0.05, 0.1) is 27.0 Å². The number of phenols is 1. The topological polar surface area (TPSA) is 91.0 Å². The molecule has 2 rings (SSSR count). The highest BCUT2D eigenvalue weighted by Gasteiger charge is 2.18. The number of benzene rings is 1. The van der Waals surface area contributed by atoms with Crippen LogP contribution in [0.15, 0.2) is 22.7 Å². The summed E-state index contributed by atoms with van der Waals surface area (Å²) in [6, 6.07) is 4.74. The first-order valence-corrected chi connectivity index (χ1v) is 6.68. The van der Waals surface area contributed by atoms with E-state index in [1.807, 2.05) is 0 Å². The molecule has 0 spiro atoms. The number of rotatable bonds is 5. The third-order valence-corrected chi connectivity index (χ3v) is 3.11. The second-order valence-electron chi connectivity index (χ2n) is 4.66. The van der Waals surface area contributed by atoms with E-state index in [2.05, 4.69) is 5.16 Å². The molecule has 122 valence electrons. The fourth-order valence-corrected chi connectivity index (χ4v) is 1.99. The van der Waals surface area contributed by atoms with Crippen LogP contribution < -0.4 is 9.47 Å². The lowest BCUT2D eigenvalue weighted by molar-refractivity contribution is -0.133. The summed E-state index contributed by atoms with van der Waals surface area (Å²) in [5, 5.41) is 13.7. The first-order valence-electron chi connectivity index (χ1n) is 6.68. The number of nitrogens with zero attached hydrogens (tertiary/aromatic N) is 1. The third kappa shape index (κ3) is 3.45. The average Bonchev–Trinajstić information content (AvgIpc) is 2.99. The number of esters is 1. The summed E-state index contributed by atoms with van der Waals surface area (Å²) in [5.41, 5.74) is 1.38. The van der Waals surface area contributed by atoms with Crippen molar-refractivity contribution < 1.29 is 28.6 Å². The lowest BCUT2D eigenvalue weighted by Crippen LogP contribution is -2.03. The summed E-state index contributed by atoms with van der Waals surface area (Å²) in [7, 11) is 4.11. The van der Waals surface area contributed by atoms with Gasteiger partial charge < -0.3 is 23.8 Å². The zero-order valence-corrected chi connectivity index (χ0v) is 13.2. The van der Waals surface area contributed by atoms with Crippen LogP contribution in [0.25, 0.3) is 11.6 Å². The molecule has 0 unspecified atom stereocenters. The Morgan fingerprint density at radius 3 is 2.22 bits per heavy atom. The van der Waals surface area contributed by atoms with Crippen LogP contribution in [0, 0.1) is 6.92 Å². The van der Waals surface area contributed by atoms with Crippen molar-refractivity contribution in [2.75, 3.05) is 21.3 Å². The molecule has 7 heteroatoms. The SMILES string of the molecule is COC(=O)C(=Cc1cc(OC)c(O)c(OC)c1)c1cc(C)no1. The van der Waals surface area contributed by atoms with Crippen molar-refractivity contribution in [3.05, 3.63) is 35.2 Å². The van der Waals surface area contributed by atoms with Gasteiger partial charge in [0.1, 0.15) is 5.57 Å². The van der Waals surface area contributed by atoms with Crippen molar-refractivity contribution >= 4 is 17.6 Å². The fourth-order valence-electron chi connectivity index (χ4n) is 1.99. The summed E-state index contributed by atoms with van der Waals surface area (Å²) in [5.74, 6) is 0.0110. The Hall–Kier alpha value is -2.96. The van der Waals surface area contributed by atoms with Crippen LogP contribution in [-0.4, -0.2) is 37.6 Å². The van der Waals surface area contributed by atoms with Crippen molar-refractivity contribution in [3.63, 3.8) is 0 Å². The van der Waals surface area contributed by atoms with Gasteiger partial charge >= 0.3 is 5.97 Å². The number of methoxy groups -OCH3 is 3. The number of aromatic nitrogens is 1. The summed E-state index contributed by atoms with van der Waals surface area (Å²) < 4.78 is 20.1. The van der Waals surface area contributed by atoms with Gasteiger partial charge in [-0.3, -0.25) is 0 Å². The Labute approximate surface area is 133 Å². The summed E-state index contributed by atoms with van der Waals surface area (Å²) >= 11 is 0. The van der Waals surface area contributed by atoms with Gasteiger partial charge in [0.15, 0.2) is 17.3 Å². The Morgan fingerprint density at radius 1 is 1.17 bits per heavy atom. The highest BCUT2D eigenvalue weighted by Crippen LogP contribution is 2.38. The predicted octanol–water partition coefficient (Wildman–Crippen LogP) is 2.42. The minimum absolute atomic E-state index is 0.123. The molecular weight excluding hydrogens is 302 g/mol. The highest BCUT2D eigenvalue weighted by molar-refractivity contribution is 6.20. The molecule has 1 aromatic heterocycles. The lowest BCUT2D eigenvalue weighted by Gasteiger charge is -2.10. The minimum atomic E-state index is -0.577. The Kier molecular flexibility index (Phi) is 4.90. The van der Waals surface area contributed by atoms with Gasteiger partial charge in [-0.25, -0.2) is 4.79 Å². The zero-order chi connectivity index (χ0) is 17.0. The fraction of sp³-hybridized carbons (Fsp3) is 0.250. The Bertz CT molecular complexity index is 722. The van der Waals surface area contributed by atoms with Crippen molar-refractivity contribution in [2.45, 2.75) is 6.92 Å². The normalized spacial score (nSPS) is 11.2. The average molecular weight is 319 g/mol. The van der Waals surface area contributed by atoms with E-state index in [1.54, 1.807) is 25.1 Å². The molecule has 1 N–H and O–H groups in total. The summed E-state index contributed by atoms with van der Waals surface area (Å²) in [6.07, 6.45) is 1.54. The van der Waals surface area contributed by atoms with Gasteiger partial charge in [-0.05, 0) is 30.7 Å². The molecule has 0 saturated carbocycles. The van der Waals surface area contributed by atoms with E-state index in [0.29, 0.717) is 11.3 Å². The van der Waals surface area contributed by atoms with Crippen LogP contribution >= 0.6 is 0 Å². The van der Waals surface area contributed by atoms with Crippen molar-refractivity contribution in [1.82, 2.24) is 5.16 Å². The number of hydrogen-bond acceptors (Lipinski definition) is 7. The largest absolute Gasteiger partial charge is 0.502 e. The van der Waals surface area contributed by atoms with Gasteiger partial charge in [-0.2, -0.15) is 0 Å². The van der Waals surface area contributed by atoms with Gasteiger partial charge in [0.25, 0.3) is 0 Å². The zero-order valence-electron chi connectivity index (χ0n) is 13.2. The molecular formula is C16H17NO6. The molecule has 1 aromatic carbocycles. The molecule has 0 radical (unpaired) electrons. The van der Waals surface area contributed by atoms with Gasteiger partial charge in [-0.15, -0.1) is 0 Å². The smallest absolute Gasteiger partial charge is 0.341 e. The molecule has 0 atom stereocenters. The molecule has 23 heavy (non-hydrogen) atoms. The van der Waals surface area contributed by atoms with E-state index >= 15 is 0 Å². The third-order valence-electron chi connectivity index (χ3n) is 3.11. The maximum absolute atomic E-state index is 12.0. The maximum atomic E-state index is 12.0. The highest BCUT2D eigenvalue weighted by atomic mass is 16.5. The standard InChI is InChI=1S/C16H17NO6/c1-9-5-12(23-17-9)11(16(19)22-4)6-10-7-13(20-2)15(18)14(8-10)21-3/h5-8,18H,1-4H3. The second-order valence-corrected chi connectivity index (χ2v) is 4.66. The number of hydrogen-bond donors (Lipinski definition) is 1. The van der Waals surface area contributed by atoms with Crippen molar-refractivity contribution in [2.24, 2.45) is 0 Å². The number of carbonyl (C=O) groups is 1. The van der Waals surface area contributed by atoms with E-state index < -0.39 is 5.97 Å². The van der Waals surface area contributed by atoms with Crippen LogP contribution in [0.3, 0.4) is 0 Å². The number of ether oxygens (including phenoxy) is 3. The molecule has 0 fully saturated rings.